The molecular weight excluding hydrogens is 292 g/mol. The summed E-state index contributed by atoms with van der Waals surface area (Å²) in [5.41, 5.74) is 1.19. The van der Waals surface area contributed by atoms with Gasteiger partial charge >= 0.3 is 0 Å². The molecule has 2 rings (SSSR count). The summed E-state index contributed by atoms with van der Waals surface area (Å²) in [5.74, 6) is 0. The topological polar surface area (TPSA) is 62.8 Å². The Morgan fingerprint density at radius 2 is 2.14 bits per heavy atom. The van der Waals surface area contributed by atoms with E-state index in [1.807, 2.05) is 0 Å². The van der Waals surface area contributed by atoms with Crippen LogP contribution in [0.25, 0.3) is 11.0 Å². The standard InChI is InChI=1S/C7H4BrClN2O2S/c8-4-1-2-5-6(3-4)11-7(10-5)14(9,12)13/h1-3H,(H,10,11). The summed E-state index contributed by atoms with van der Waals surface area (Å²) in [4.78, 5) is 6.44. The predicted molar refractivity (Wildman–Crippen MR) is 56.8 cm³/mol. The largest absolute Gasteiger partial charge is 0.328 e. The molecule has 1 aromatic heterocycles. The first kappa shape index (κ1) is 9.95. The van der Waals surface area contributed by atoms with Crippen LogP contribution in [0.15, 0.2) is 27.8 Å². The summed E-state index contributed by atoms with van der Waals surface area (Å²) in [7, 11) is 1.35. The first-order chi connectivity index (χ1) is 6.47. The van der Waals surface area contributed by atoms with Gasteiger partial charge in [-0.15, -0.1) is 0 Å². The summed E-state index contributed by atoms with van der Waals surface area (Å²) in [6, 6.07) is 5.20. The molecule has 0 saturated carbocycles. The monoisotopic (exact) mass is 294 g/mol. The van der Waals surface area contributed by atoms with E-state index in [-0.39, 0.29) is 5.16 Å². The molecule has 0 aliphatic heterocycles. The molecule has 2 aromatic rings. The summed E-state index contributed by atoms with van der Waals surface area (Å²) in [6.07, 6.45) is 0. The van der Waals surface area contributed by atoms with Crippen LogP contribution in [0.5, 0.6) is 0 Å². The molecule has 0 saturated heterocycles. The lowest BCUT2D eigenvalue weighted by molar-refractivity contribution is 0.603. The van der Waals surface area contributed by atoms with Crippen LogP contribution in [-0.2, 0) is 9.05 Å². The minimum absolute atomic E-state index is 0.229. The van der Waals surface area contributed by atoms with E-state index in [4.69, 9.17) is 10.7 Å². The second kappa shape index (κ2) is 3.22. The number of benzene rings is 1. The number of hydrogen-bond acceptors (Lipinski definition) is 3. The highest BCUT2D eigenvalue weighted by atomic mass is 79.9. The van der Waals surface area contributed by atoms with Crippen LogP contribution in [0.3, 0.4) is 0 Å². The fraction of sp³-hybridized carbons (Fsp3) is 0. The van der Waals surface area contributed by atoms with E-state index in [1.54, 1.807) is 18.2 Å². The van der Waals surface area contributed by atoms with Crippen LogP contribution in [0.1, 0.15) is 0 Å². The average Bonchev–Trinajstić information content (AvgIpc) is 2.45. The maximum Gasteiger partial charge on any atom is 0.294 e. The van der Waals surface area contributed by atoms with Crippen molar-refractivity contribution in [2.24, 2.45) is 0 Å². The number of halogens is 2. The quantitative estimate of drug-likeness (QED) is 0.821. The van der Waals surface area contributed by atoms with Crippen LogP contribution in [0.2, 0.25) is 0 Å². The highest BCUT2D eigenvalue weighted by Gasteiger charge is 2.15. The van der Waals surface area contributed by atoms with E-state index in [9.17, 15) is 8.42 Å². The van der Waals surface area contributed by atoms with Crippen molar-refractivity contribution in [2.75, 3.05) is 0 Å². The van der Waals surface area contributed by atoms with Crippen LogP contribution in [0, 0.1) is 0 Å². The number of nitrogens with zero attached hydrogens (tertiary/aromatic N) is 1. The maximum absolute atomic E-state index is 10.9. The molecule has 0 aliphatic carbocycles. The van der Waals surface area contributed by atoms with Crippen molar-refractivity contribution in [1.29, 1.82) is 0 Å². The Morgan fingerprint density at radius 3 is 2.79 bits per heavy atom. The zero-order valence-corrected chi connectivity index (χ0v) is 9.82. The van der Waals surface area contributed by atoms with Crippen molar-refractivity contribution >= 4 is 46.7 Å². The molecule has 0 bridgehead atoms. The predicted octanol–water partition coefficient (Wildman–Crippen LogP) is 2.25. The van der Waals surface area contributed by atoms with Gasteiger partial charge in [-0.05, 0) is 18.2 Å². The van der Waals surface area contributed by atoms with E-state index in [0.717, 1.165) is 4.47 Å². The Labute approximate surface area is 92.8 Å². The van der Waals surface area contributed by atoms with Crippen molar-refractivity contribution < 1.29 is 8.42 Å². The zero-order valence-electron chi connectivity index (χ0n) is 6.66. The van der Waals surface area contributed by atoms with Crippen LogP contribution in [-0.4, -0.2) is 18.4 Å². The summed E-state index contributed by atoms with van der Waals surface area (Å²) in [5, 5.41) is -0.229. The number of aromatic nitrogens is 2. The first-order valence-corrected chi connectivity index (χ1v) is 6.67. The van der Waals surface area contributed by atoms with Crippen molar-refractivity contribution in [2.45, 2.75) is 5.16 Å². The molecule has 0 radical (unpaired) electrons. The van der Waals surface area contributed by atoms with Gasteiger partial charge in [0.1, 0.15) is 0 Å². The molecule has 0 atom stereocenters. The average molecular weight is 296 g/mol. The minimum Gasteiger partial charge on any atom is -0.328 e. The third kappa shape index (κ3) is 1.77. The highest BCUT2D eigenvalue weighted by molar-refractivity contribution is 9.10. The minimum atomic E-state index is -3.79. The number of H-pyrrole nitrogens is 1. The van der Waals surface area contributed by atoms with Crippen LogP contribution < -0.4 is 0 Å². The molecule has 4 nitrogen and oxygen atoms in total. The van der Waals surface area contributed by atoms with Crippen molar-refractivity contribution in [3.8, 4) is 0 Å². The summed E-state index contributed by atoms with van der Waals surface area (Å²) in [6.45, 7) is 0. The van der Waals surface area contributed by atoms with E-state index in [1.165, 1.54) is 0 Å². The van der Waals surface area contributed by atoms with Crippen molar-refractivity contribution in [1.82, 2.24) is 9.97 Å². The van der Waals surface area contributed by atoms with Gasteiger partial charge in [0.15, 0.2) is 0 Å². The number of rotatable bonds is 1. The number of nitrogens with one attached hydrogen (secondary N) is 1. The van der Waals surface area contributed by atoms with Gasteiger partial charge in [0.05, 0.1) is 11.0 Å². The van der Waals surface area contributed by atoms with Crippen molar-refractivity contribution in [3.05, 3.63) is 22.7 Å². The van der Waals surface area contributed by atoms with Crippen molar-refractivity contribution in [3.63, 3.8) is 0 Å². The SMILES string of the molecule is O=S(=O)(Cl)c1nc2ccc(Br)cc2[nH]1. The third-order valence-electron chi connectivity index (χ3n) is 1.65. The summed E-state index contributed by atoms with van der Waals surface area (Å²) >= 11 is 3.26. The Bertz CT molecular complexity index is 593. The zero-order chi connectivity index (χ0) is 10.3. The number of fused-ring (bicyclic) bond motifs is 1. The molecule has 14 heavy (non-hydrogen) atoms. The van der Waals surface area contributed by atoms with Gasteiger partial charge in [0, 0.05) is 15.2 Å². The van der Waals surface area contributed by atoms with Gasteiger partial charge in [0.2, 0.25) is 5.16 Å². The number of hydrogen-bond donors (Lipinski definition) is 1. The molecule has 1 aromatic carbocycles. The van der Waals surface area contributed by atoms with Crippen LogP contribution in [0.4, 0.5) is 0 Å². The normalized spacial score (nSPS) is 12.1. The molecule has 7 heteroatoms. The van der Waals surface area contributed by atoms with E-state index in [2.05, 4.69) is 25.9 Å². The molecule has 0 spiro atoms. The molecule has 1 N–H and O–H groups in total. The first-order valence-electron chi connectivity index (χ1n) is 3.57. The second-order valence-electron chi connectivity index (χ2n) is 2.64. The second-order valence-corrected chi connectivity index (χ2v) is 6.04. The molecule has 0 unspecified atom stereocenters. The Balaban J connectivity index is 2.75. The highest BCUT2D eigenvalue weighted by Crippen LogP contribution is 2.20. The smallest absolute Gasteiger partial charge is 0.294 e. The molecule has 74 valence electrons. The maximum atomic E-state index is 10.9. The number of aromatic amines is 1. The van der Waals surface area contributed by atoms with E-state index < -0.39 is 9.05 Å². The molecule has 0 aliphatic rings. The lowest BCUT2D eigenvalue weighted by atomic mass is 10.3. The summed E-state index contributed by atoms with van der Waals surface area (Å²) < 4.78 is 22.7. The molecule has 0 amide bonds. The lowest BCUT2D eigenvalue weighted by Crippen LogP contribution is -1.92. The van der Waals surface area contributed by atoms with Gasteiger partial charge in [-0.25, -0.2) is 13.4 Å². The van der Waals surface area contributed by atoms with Crippen LogP contribution >= 0.6 is 26.6 Å². The van der Waals surface area contributed by atoms with Gasteiger partial charge in [-0.1, -0.05) is 15.9 Å². The van der Waals surface area contributed by atoms with Gasteiger partial charge < -0.3 is 4.98 Å². The molecular formula is C7H4BrClN2O2S. The molecule has 0 fully saturated rings. The lowest BCUT2D eigenvalue weighted by Gasteiger charge is -1.87. The Hall–Kier alpha value is -0.590. The van der Waals surface area contributed by atoms with Gasteiger partial charge in [-0.3, -0.25) is 0 Å². The fourth-order valence-electron chi connectivity index (χ4n) is 1.07. The van der Waals surface area contributed by atoms with E-state index in [0.29, 0.717) is 11.0 Å². The number of imidazole rings is 1. The molecule has 1 heterocycles. The van der Waals surface area contributed by atoms with Gasteiger partial charge in [0.25, 0.3) is 9.05 Å². The Kier molecular flexibility index (Phi) is 2.29. The van der Waals surface area contributed by atoms with Gasteiger partial charge in [-0.2, -0.15) is 0 Å². The Morgan fingerprint density at radius 1 is 1.43 bits per heavy atom. The third-order valence-corrected chi connectivity index (χ3v) is 3.24. The fourth-order valence-corrected chi connectivity index (χ4v) is 2.09. The van der Waals surface area contributed by atoms with E-state index >= 15 is 0 Å².